The van der Waals surface area contributed by atoms with Gasteiger partial charge in [0.25, 0.3) is 0 Å². The van der Waals surface area contributed by atoms with Gasteiger partial charge in [0, 0.05) is 21.5 Å². The molecule has 1 aromatic heterocycles. The molecule has 132 valence electrons. The first-order valence-corrected chi connectivity index (χ1v) is 10.00. The van der Waals surface area contributed by atoms with Crippen LogP contribution in [0.2, 0.25) is 0 Å². The summed E-state index contributed by atoms with van der Waals surface area (Å²) in [6.07, 6.45) is 4.34. The minimum atomic E-state index is -0.121. The van der Waals surface area contributed by atoms with Crippen molar-refractivity contribution in [1.29, 1.82) is 0 Å². The molecular weight excluding hydrogens is 402 g/mol. The average Bonchev–Trinajstić information content (AvgIpc) is 3.22. The van der Waals surface area contributed by atoms with Crippen LogP contribution in [0, 0.1) is 12.8 Å². The SMILES string of the molecule is Cc1cc(Br)ccc1NC(=O)Cc1csc(NC(=O)C2CCCC2)n1. The molecule has 7 heteroatoms. The quantitative estimate of drug-likeness (QED) is 0.744. The van der Waals surface area contributed by atoms with Crippen LogP contribution in [0.4, 0.5) is 10.8 Å². The maximum absolute atomic E-state index is 12.2. The lowest BCUT2D eigenvalue weighted by atomic mass is 10.1. The molecule has 5 nitrogen and oxygen atoms in total. The van der Waals surface area contributed by atoms with E-state index in [1.54, 1.807) is 0 Å². The van der Waals surface area contributed by atoms with Crippen LogP contribution in [-0.4, -0.2) is 16.8 Å². The molecule has 0 aliphatic heterocycles. The standard InChI is InChI=1S/C18H20BrN3O2S/c1-11-8-13(19)6-7-15(11)21-16(23)9-14-10-25-18(20-14)22-17(24)12-4-2-3-5-12/h6-8,10,12H,2-5,9H2,1H3,(H,21,23)(H,20,22,24). The predicted octanol–water partition coefficient (Wildman–Crippen LogP) is 4.52. The summed E-state index contributed by atoms with van der Waals surface area (Å²) in [5.41, 5.74) is 2.45. The van der Waals surface area contributed by atoms with Crippen molar-refractivity contribution >= 4 is 49.9 Å². The summed E-state index contributed by atoms with van der Waals surface area (Å²) in [6.45, 7) is 1.94. The Kier molecular flexibility index (Phi) is 5.86. The Morgan fingerprint density at radius 1 is 1.28 bits per heavy atom. The number of rotatable bonds is 5. The highest BCUT2D eigenvalue weighted by Gasteiger charge is 2.23. The van der Waals surface area contributed by atoms with Gasteiger partial charge in [0.2, 0.25) is 11.8 Å². The number of nitrogens with one attached hydrogen (secondary N) is 2. The third-order valence-corrected chi connectivity index (χ3v) is 5.61. The molecule has 1 aliphatic carbocycles. The van der Waals surface area contributed by atoms with Crippen molar-refractivity contribution < 1.29 is 9.59 Å². The van der Waals surface area contributed by atoms with Gasteiger partial charge in [-0.15, -0.1) is 11.3 Å². The molecule has 3 rings (SSSR count). The second-order valence-corrected chi connectivity index (χ2v) is 8.07. The van der Waals surface area contributed by atoms with Gasteiger partial charge in [0.1, 0.15) is 0 Å². The van der Waals surface area contributed by atoms with Gasteiger partial charge in [0.05, 0.1) is 12.1 Å². The Bertz CT molecular complexity index is 784. The van der Waals surface area contributed by atoms with E-state index in [2.05, 4.69) is 31.5 Å². The molecule has 1 aliphatic rings. The van der Waals surface area contributed by atoms with Gasteiger partial charge >= 0.3 is 0 Å². The van der Waals surface area contributed by atoms with Crippen LogP contribution in [0.25, 0.3) is 0 Å². The number of hydrogen-bond acceptors (Lipinski definition) is 4. The second kappa shape index (κ2) is 8.10. The number of thiazole rings is 1. The first-order chi connectivity index (χ1) is 12.0. The minimum Gasteiger partial charge on any atom is -0.326 e. The lowest BCUT2D eigenvalue weighted by Gasteiger charge is -2.08. The first-order valence-electron chi connectivity index (χ1n) is 8.32. The van der Waals surface area contributed by atoms with Crippen molar-refractivity contribution in [3.8, 4) is 0 Å². The summed E-state index contributed by atoms with van der Waals surface area (Å²) in [5, 5.41) is 8.16. The summed E-state index contributed by atoms with van der Waals surface area (Å²) < 4.78 is 0.977. The molecule has 25 heavy (non-hydrogen) atoms. The molecule has 0 atom stereocenters. The van der Waals surface area contributed by atoms with E-state index < -0.39 is 0 Å². The van der Waals surface area contributed by atoms with Gasteiger partial charge < -0.3 is 10.6 Å². The van der Waals surface area contributed by atoms with Crippen molar-refractivity contribution in [3.63, 3.8) is 0 Å². The molecule has 1 aromatic carbocycles. The van der Waals surface area contributed by atoms with Gasteiger partial charge in [-0.2, -0.15) is 0 Å². The normalized spacial score (nSPS) is 14.5. The summed E-state index contributed by atoms with van der Waals surface area (Å²) in [7, 11) is 0. The third-order valence-electron chi connectivity index (χ3n) is 4.31. The third kappa shape index (κ3) is 4.89. The van der Waals surface area contributed by atoms with Crippen LogP contribution in [-0.2, 0) is 16.0 Å². The van der Waals surface area contributed by atoms with Crippen LogP contribution in [0.3, 0.4) is 0 Å². The van der Waals surface area contributed by atoms with E-state index in [1.165, 1.54) is 11.3 Å². The first kappa shape index (κ1) is 18.1. The van der Waals surface area contributed by atoms with Gasteiger partial charge in [-0.25, -0.2) is 4.98 Å². The molecule has 1 heterocycles. The second-order valence-electron chi connectivity index (χ2n) is 6.30. The maximum Gasteiger partial charge on any atom is 0.230 e. The number of nitrogens with zero attached hydrogens (tertiary/aromatic N) is 1. The Hall–Kier alpha value is -1.73. The highest BCUT2D eigenvalue weighted by molar-refractivity contribution is 9.10. The summed E-state index contributed by atoms with van der Waals surface area (Å²) in [4.78, 5) is 28.7. The van der Waals surface area contributed by atoms with Crippen LogP contribution < -0.4 is 10.6 Å². The smallest absolute Gasteiger partial charge is 0.230 e. The molecule has 0 unspecified atom stereocenters. The molecule has 0 radical (unpaired) electrons. The largest absolute Gasteiger partial charge is 0.326 e. The van der Waals surface area contributed by atoms with Gasteiger partial charge in [0.15, 0.2) is 5.13 Å². The fourth-order valence-corrected chi connectivity index (χ4v) is 4.16. The van der Waals surface area contributed by atoms with Crippen LogP contribution in [0.5, 0.6) is 0 Å². The Labute approximate surface area is 159 Å². The van der Waals surface area contributed by atoms with E-state index in [1.807, 2.05) is 30.5 Å². The number of carbonyl (C=O) groups excluding carboxylic acids is 2. The minimum absolute atomic E-state index is 0.0494. The van der Waals surface area contributed by atoms with Crippen molar-refractivity contribution in [2.45, 2.75) is 39.0 Å². The summed E-state index contributed by atoms with van der Waals surface area (Å²) in [5.74, 6) is 0.0359. The predicted molar refractivity (Wildman–Crippen MR) is 104 cm³/mol. The highest BCUT2D eigenvalue weighted by atomic mass is 79.9. The number of hydrogen-bond donors (Lipinski definition) is 2. The molecule has 1 saturated carbocycles. The number of carbonyl (C=O) groups is 2. The molecule has 2 amide bonds. The number of benzene rings is 1. The van der Waals surface area contributed by atoms with Crippen molar-refractivity contribution in [2.24, 2.45) is 5.92 Å². The molecule has 0 bridgehead atoms. The zero-order valence-corrected chi connectivity index (χ0v) is 16.4. The molecule has 0 saturated heterocycles. The van der Waals surface area contributed by atoms with E-state index in [9.17, 15) is 9.59 Å². The number of halogens is 1. The molecule has 2 aromatic rings. The highest BCUT2D eigenvalue weighted by Crippen LogP contribution is 2.27. The zero-order chi connectivity index (χ0) is 17.8. The van der Waals surface area contributed by atoms with Crippen LogP contribution in [0.1, 0.15) is 36.9 Å². The van der Waals surface area contributed by atoms with Gasteiger partial charge in [-0.3, -0.25) is 9.59 Å². The zero-order valence-electron chi connectivity index (χ0n) is 14.0. The van der Waals surface area contributed by atoms with Crippen molar-refractivity contribution in [1.82, 2.24) is 4.98 Å². The van der Waals surface area contributed by atoms with E-state index in [0.29, 0.717) is 10.8 Å². The van der Waals surface area contributed by atoms with E-state index >= 15 is 0 Å². The van der Waals surface area contributed by atoms with E-state index in [-0.39, 0.29) is 24.2 Å². The van der Waals surface area contributed by atoms with Crippen molar-refractivity contribution in [2.75, 3.05) is 10.6 Å². The molecule has 1 fully saturated rings. The Morgan fingerprint density at radius 3 is 2.76 bits per heavy atom. The van der Waals surface area contributed by atoms with Gasteiger partial charge in [-0.1, -0.05) is 28.8 Å². The van der Waals surface area contributed by atoms with Crippen LogP contribution >= 0.6 is 27.3 Å². The topological polar surface area (TPSA) is 71.1 Å². The van der Waals surface area contributed by atoms with Crippen LogP contribution in [0.15, 0.2) is 28.1 Å². The molecular formula is C18H20BrN3O2S. The number of aromatic nitrogens is 1. The van der Waals surface area contributed by atoms with Gasteiger partial charge in [-0.05, 0) is 43.5 Å². The fourth-order valence-electron chi connectivity index (χ4n) is 2.97. The molecule has 0 spiro atoms. The van der Waals surface area contributed by atoms with E-state index in [4.69, 9.17) is 0 Å². The number of anilines is 2. The van der Waals surface area contributed by atoms with E-state index in [0.717, 1.165) is 41.4 Å². The Morgan fingerprint density at radius 2 is 2.04 bits per heavy atom. The molecule has 2 N–H and O–H groups in total. The van der Waals surface area contributed by atoms with Crippen molar-refractivity contribution in [3.05, 3.63) is 39.3 Å². The lowest BCUT2D eigenvalue weighted by Crippen LogP contribution is -2.20. The number of amides is 2. The lowest BCUT2D eigenvalue weighted by molar-refractivity contribution is -0.119. The monoisotopic (exact) mass is 421 g/mol. The Balaban J connectivity index is 1.55. The summed E-state index contributed by atoms with van der Waals surface area (Å²) in [6, 6.07) is 5.71. The average molecular weight is 422 g/mol. The summed E-state index contributed by atoms with van der Waals surface area (Å²) >= 11 is 4.77. The fraction of sp³-hybridized carbons (Fsp3) is 0.389. The number of aryl methyl sites for hydroxylation is 1. The maximum atomic E-state index is 12.2.